The summed E-state index contributed by atoms with van der Waals surface area (Å²) in [7, 11) is 0. The van der Waals surface area contributed by atoms with Crippen molar-refractivity contribution in [2.75, 3.05) is 36.5 Å². The fraction of sp³-hybridized carbons (Fsp3) is 0.400. The van der Waals surface area contributed by atoms with E-state index in [-0.39, 0.29) is 0 Å². The molecule has 3 aromatic heterocycles. The lowest BCUT2D eigenvalue weighted by atomic mass is 10.2. The van der Waals surface area contributed by atoms with Crippen LogP contribution in [0.2, 0.25) is 0 Å². The zero-order valence-electron chi connectivity index (χ0n) is 13.0. The van der Waals surface area contributed by atoms with Gasteiger partial charge in [0, 0.05) is 24.2 Å². The summed E-state index contributed by atoms with van der Waals surface area (Å²) in [6.45, 7) is 3.96. The largest absolute Gasteiger partial charge is 0.408 e. The van der Waals surface area contributed by atoms with E-state index in [0.29, 0.717) is 24.9 Å². The number of ether oxygens (including phenoxy) is 1. The molecule has 1 saturated heterocycles. The molecule has 7 nitrogen and oxygen atoms in total. The molecule has 0 saturated carbocycles. The highest BCUT2D eigenvalue weighted by atomic mass is 32.1. The molecular formula is C15H17N5O2S2. The highest BCUT2D eigenvalue weighted by molar-refractivity contribution is 7.15. The van der Waals surface area contributed by atoms with Gasteiger partial charge in [0.2, 0.25) is 5.89 Å². The normalized spacial score (nSPS) is 14.9. The summed E-state index contributed by atoms with van der Waals surface area (Å²) in [5.41, 5.74) is 1.19. The molecule has 0 spiro atoms. The van der Waals surface area contributed by atoms with E-state index in [4.69, 9.17) is 9.15 Å². The SMILES string of the molecule is c1cc(Cc2nnc(NCc3cnc(N4CCOCC4)s3)o2)cs1. The van der Waals surface area contributed by atoms with Crippen molar-refractivity contribution in [2.24, 2.45) is 0 Å². The molecule has 1 aliphatic rings. The molecule has 0 bridgehead atoms. The Morgan fingerprint density at radius 1 is 1.25 bits per heavy atom. The first kappa shape index (κ1) is 15.6. The molecule has 1 N–H and O–H groups in total. The van der Waals surface area contributed by atoms with Gasteiger partial charge in [0.05, 0.1) is 26.2 Å². The summed E-state index contributed by atoms with van der Waals surface area (Å²) in [6.07, 6.45) is 2.56. The van der Waals surface area contributed by atoms with E-state index in [0.717, 1.165) is 36.3 Å². The van der Waals surface area contributed by atoms with Gasteiger partial charge < -0.3 is 19.4 Å². The maximum atomic E-state index is 5.63. The van der Waals surface area contributed by atoms with E-state index in [1.165, 1.54) is 5.56 Å². The van der Waals surface area contributed by atoms with Crippen LogP contribution in [0.4, 0.5) is 11.1 Å². The van der Waals surface area contributed by atoms with E-state index in [2.05, 4.69) is 36.8 Å². The number of thiazole rings is 1. The number of hydrogen-bond acceptors (Lipinski definition) is 9. The highest BCUT2D eigenvalue weighted by Crippen LogP contribution is 2.24. The molecule has 0 atom stereocenters. The lowest BCUT2D eigenvalue weighted by Gasteiger charge is -2.25. The number of thiophene rings is 1. The van der Waals surface area contributed by atoms with Crippen molar-refractivity contribution < 1.29 is 9.15 Å². The Kier molecular flexibility index (Phi) is 4.72. The van der Waals surface area contributed by atoms with Crippen LogP contribution >= 0.6 is 22.7 Å². The van der Waals surface area contributed by atoms with Crippen molar-refractivity contribution in [1.29, 1.82) is 0 Å². The van der Waals surface area contributed by atoms with Gasteiger partial charge in [-0.2, -0.15) is 11.3 Å². The number of aromatic nitrogens is 3. The maximum absolute atomic E-state index is 5.63. The molecule has 126 valence electrons. The summed E-state index contributed by atoms with van der Waals surface area (Å²) in [5.74, 6) is 0.620. The van der Waals surface area contributed by atoms with Gasteiger partial charge in [-0.05, 0) is 22.4 Å². The van der Waals surface area contributed by atoms with E-state index in [1.54, 1.807) is 22.7 Å². The number of anilines is 2. The van der Waals surface area contributed by atoms with Gasteiger partial charge in [0.1, 0.15) is 0 Å². The van der Waals surface area contributed by atoms with Crippen LogP contribution in [0.15, 0.2) is 27.4 Å². The Morgan fingerprint density at radius 2 is 2.17 bits per heavy atom. The smallest absolute Gasteiger partial charge is 0.315 e. The minimum atomic E-state index is 0.446. The summed E-state index contributed by atoms with van der Waals surface area (Å²) in [4.78, 5) is 7.88. The number of nitrogens with one attached hydrogen (secondary N) is 1. The van der Waals surface area contributed by atoms with E-state index in [1.807, 2.05) is 11.6 Å². The Bertz CT molecular complexity index is 765. The average molecular weight is 363 g/mol. The van der Waals surface area contributed by atoms with Crippen molar-refractivity contribution >= 4 is 33.8 Å². The molecule has 0 aromatic carbocycles. The topological polar surface area (TPSA) is 76.3 Å². The summed E-state index contributed by atoms with van der Waals surface area (Å²) in [5, 5.41) is 16.4. The van der Waals surface area contributed by atoms with Crippen LogP contribution < -0.4 is 10.2 Å². The summed E-state index contributed by atoms with van der Waals surface area (Å²) < 4.78 is 11.0. The molecule has 0 aliphatic carbocycles. The number of rotatable bonds is 6. The van der Waals surface area contributed by atoms with Crippen molar-refractivity contribution in [3.8, 4) is 0 Å². The highest BCUT2D eigenvalue weighted by Gasteiger charge is 2.15. The molecule has 0 radical (unpaired) electrons. The van der Waals surface area contributed by atoms with Gasteiger partial charge in [0.15, 0.2) is 5.13 Å². The zero-order chi connectivity index (χ0) is 16.2. The molecule has 0 amide bonds. The molecule has 9 heteroatoms. The minimum Gasteiger partial charge on any atom is -0.408 e. The van der Waals surface area contributed by atoms with E-state index in [9.17, 15) is 0 Å². The fourth-order valence-corrected chi connectivity index (χ4v) is 3.98. The second-order valence-corrected chi connectivity index (χ2v) is 7.25. The minimum absolute atomic E-state index is 0.446. The lowest BCUT2D eigenvalue weighted by molar-refractivity contribution is 0.122. The van der Waals surface area contributed by atoms with Crippen LogP contribution in [0.3, 0.4) is 0 Å². The van der Waals surface area contributed by atoms with Crippen molar-refractivity contribution in [3.63, 3.8) is 0 Å². The van der Waals surface area contributed by atoms with Crippen molar-refractivity contribution in [3.05, 3.63) is 39.4 Å². The number of nitrogens with zero attached hydrogens (tertiary/aromatic N) is 4. The average Bonchev–Trinajstić information content (AvgIpc) is 3.36. The first-order chi connectivity index (χ1) is 11.9. The molecule has 3 aromatic rings. The monoisotopic (exact) mass is 363 g/mol. The van der Waals surface area contributed by atoms with Crippen molar-refractivity contribution in [2.45, 2.75) is 13.0 Å². The number of morpholine rings is 1. The Balaban J connectivity index is 1.32. The van der Waals surface area contributed by atoms with Crippen LogP contribution in [0, 0.1) is 0 Å². The van der Waals surface area contributed by atoms with Crippen LogP contribution in [0.1, 0.15) is 16.3 Å². The van der Waals surface area contributed by atoms with Gasteiger partial charge in [0.25, 0.3) is 0 Å². The van der Waals surface area contributed by atoms with Crippen molar-refractivity contribution in [1.82, 2.24) is 15.2 Å². The van der Waals surface area contributed by atoms with Crippen LogP contribution in [-0.4, -0.2) is 41.5 Å². The van der Waals surface area contributed by atoms with Gasteiger partial charge in [-0.15, -0.1) is 16.4 Å². The first-order valence-corrected chi connectivity index (χ1v) is 9.47. The van der Waals surface area contributed by atoms with Crippen LogP contribution in [-0.2, 0) is 17.7 Å². The Morgan fingerprint density at radius 3 is 3.00 bits per heavy atom. The van der Waals surface area contributed by atoms with Gasteiger partial charge >= 0.3 is 6.01 Å². The predicted octanol–water partition coefficient (Wildman–Crippen LogP) is 2.63. The fourth-order valence-electron chi connectivity index (χ4n) is 2.41. The molecular weight excluding hydrogens is 346 g/mol. The number of hydrogen-bond donors (Lipinski definition) is 1. The van der Waals surface area contributed by atoms with Gasteiger partial charge in [-0.3, -0.25) is 0 Å². The maximum Gasteiger partial charge on any atom is 0.315 e. The standard InChI is InChI=1S/C15H17N5O2S2/c1-6-23-10-11(1)7-13-18-19-14(22-13)16-8-12-9-17-15(24-12)20-2-4-21-5-3-20/h1,6,9-10H,2-5,7-8H2,(H,16,19). The quantitative estimate of drug-likeness (QED) is 0.721. The van der Waals surface area contributed by atoms with Gasteiger partial charge in [-0.25, -0.2) is 4.98 Å². The second kappa shape index (κ2) is 7.29. The third kappa shape index (κ3) is 3.74. The third-order valence-corrected chi connectivity index (χ3v) is 5.43. The molecule has 4 rings (SSSR count). The van der Waals surface area contributed by atoms with Gasteiger partial charge in [-0.1, -0.05) is 5.10 Å². The lowest BCUT2D eigenvalue weighted by Crippen LogP contribution is -2.36. The summed E-state index contributed by atoms with van der Waals surface area (Å²) >= 11 is 3.34. The second-order valence-electron chi connectivity index (χ2n) is 5.37. The zero-order valence-corrected chi connectivity index (χ0v) is 14.6. The Hall–Kier alpha value is -1.97. The molecule has 1 aliphatic heterocycles. The first-order valence-electron chi connectivity index (χ1n) is 7.71. The molecule has 24 heavy (non-hydrogen) atoms. The predicted molar refractivity (Wildman–Crippen MR) is 93.9 cm³/mol. The third-order valence-electron chi connectivity index (χ3n) is 3.64. The molecule has 4 heterocycles. The van der Waals surface area contributed by atoms with Crippen LogP contribution in [0.25, 0.3) is 0 Å². The van der Waals surface area contributed by atoms with E-state index < -0.39 is 0 Å². The molecule has 1 fully saturated rings. The van der Waals surface area contributed by atoms with E-state index >= 15 is 0 Å². The Labute approximate surface area is 147 Å². The molecule has 0 unspecified atom stereocenters. The summed E-state index contributed by atoms with van der Waals surface area (Å²) in [6, 6.07) is 2.51. The van der Waals surface area contributed by atoms with Crippen LogP contribution in [0.5, 0.6) is 0 Å².